The minimum atomic E-state index is -3.53. The largest absolute Gasteiger partial charge is 0.391 e. The van der Waals surface area contributed by atoms with E-state index in [1.165, 1.54) is 16.4 Å². The molecule has 0 heterocycles. The number of carbonyl (C=O) groups is 1. The fourth-order valence-corrected chi connectivity index (χ4v) is 4.54. The second-order valence-corrected chi connectivity index (χ2v) is 8.88. The first-order chi connectivity index (χ1) is 14.3. The van der Waals surface area contributed by atoms with Gasteiger partial charge in [-0.15, -0.1) is 0 Å². The highest BCUT2D eigenvalue weighted by Gasteiger charge is 2.21. The Balaban J connectivity index is 2.09. The molecule has 1 amide bonds. The Morgan fingerprint density at radius 3 is 2.13 bits per heavy atom. The van der Waals surface area contributed by atoms with Crippen LogP contribution < -0.4 is 10.2 Å². The summed E-state index contributed by atoms with van der Waals surface area (Å²) < 4.78 is 26.5. The minimum Gasteiger partial charge on any atom is -0.391 e. The average Bonchev–Trinajstić information content (AvgIpc) is 2.74. The van der Waals surface area contributed by atoms with Crippen molar-refractivity contribution in [3.05, 3.63) is 54.6 Å². The van der Waals surface area contributed by atoms with E-state index in [4.69, 9.17) is 0 Å². The lowest BCUT2D eigenvalue weighted by Gasteiger charge is -2.26. The normalized spacial score (nSPS) is 12.6. The standard InChI is InChI=1S/C22H31N3O4S/c1-4-20(26)16-24(19-10-8-7-9-11-19)17-22(27)23-18-12-14-21(15-13-18)30(28,29)25(5-2)6-3/h7-15,20,26H,4-6,16-17H2,1-3H3,(H,23,27). The summed E-state index contributed by atoms with van der Waals surface area (Å²) in [5, 5.41) is 12.8. The van der Waals surface area contributed by atoms with Gasteiger partial charge in [-0.2, -0.15) is 4.31 Å². The number of rotatable bonds is 11. The van der Waals surface area contributed by atoms with Crippen LogP contribution in [0.25, 0.3) is 0 Å². The van der Waals surface area contributed by atoms with E-state index >= 15 is 0 Å². The SMILES string of the molecule is CCC(O)CN(CC(=O)Nc1ccc(S(=O)(=O)N(CC)CC)cc1)c1ccccc1. The molecule has 0 aliphatic carbocycles. The van der Waals surface area contributed by atoms with Gasteiger partial charge in [0.05, 0.1) is 17.5 Å². The van der Waals surface area contributed by atoms with Crippen LogP contribution >= 0.6 is 0 Å². The summed E-state index contributed by atoms with van der Waals surface area (Å²) in [6, 6.07) is 15.6. The first-order valence-corrected chi connectivity index (χ1v) is 11.6. The number of para-hydroxylation sites is 1. The maximum atomic E-state index is 12.6. The van der Waals surface area contributed by atoms with Gasteiger partial charge in [-0.25, -0.2) is 8.42 Å². The number of aliphatic hydroxyl groups excluding tert-OH is 1. The van der Waals surface area contributed by atoms with Crippen LogP contribution in [0.15, 0.2) is 59.5 Å². The van der Waals surface area contributed by atoms with Crippen LogP contribution in [0.4, 0.5) is 11.4 Å². The Morgan fingerprint density at radius 1 is 1.00 bits per heavy atom. The van der Waals surface area contributed by atoms with Crippen molar-refractivity contribution >= 4 is 27.3 Å². The van der Waals surface area contributed by atoms with Crippen LogP contribution in [0, 0.1) is 0 Å². The van der Waals surface area contributed by atoms with E-state index in [-0.39, 0.29) is 17.3 Å². The second-order valence-electron chi connectivity index (χ2n) is 6.94. The van der Waals surface area contributed by atoms with E-state index in [1.54, 1.807) is 26.0 Å². The maximum Gasteiger partial charge on any atom is 0.243 e. The van der Waals surface area contributed by atoms with Crippen molar-refractivity contribution in [2.24, 2.45) is 0 Å². The summed E-state index contributed by atoms with van der Waals surface area (Å²) in [6.45, 7) is 6.69. The number of sulfonamides is 1. The van der Waals surface area contributed by atoms with E-state index in [0.717, 1.165) is 5.69 Å². The predicted molar refractivity (Wildman–Crippen MR) is 120 cm³/mol. The van der Waals surface area contributed by atoms with Gasteiger partial charge in [0.2, 0.25) is 15.9 Å². The summed E-state index contributed by atoms with van der Waals surface area (Å²) in [5.74, 6) is -0.249. The zero-order chi connectivity index (χ0) is 22.1. The average molecular weight is 434 g/mol. The summed E-state index contributed by atoms with van der Waals surface area (Å²) in [4.78, 5) is 14.6. The summed E-state index contributed by atoms with van der Waals surface area (Å²) >= 11 is 0. The van der Waals surface area contributed by atoms with Crippen molar-refractivity contribution in [3.63, 3.8) is 0 Å². The van der Waals surface area contributed by atoms with E-state index < -0.39 is 16.1 Å². The van der Waals surface area contributed by atoms with Gasteiger partial charge in [-0.05, 0) is 42.8 Å². The zero-order valence-corrected chi connectivity index (χ0v) is 18.6. The minimum absolute atomic E-state index is 0.0700. The first kappa shape index (κ1) is 23.9. The summed E-state index contributed by atoms with van der Waals surface area (Å²) in [6.07, 6.45) is 0.0514. The third-order valence-corrected chi connectivity index (χ3v) is 6.90. The molecule has 1 unspecified atom stereocenters. The van der Waals surface area contributed by atoms with Crippen LogP contribution in [-0.2, 0) is 14.8 Å². The van der Waals surface area contributed by atoms with Crippen LogP contribution in [0.5, 0.6) is 0 Å². The van der Waals surface area contributed by atoms with Gasteiger partial charge in [-0.1, -0.05) is 39.0 Å². The van der Waals surface area contributed by atoms with Crippen molar-refractivity contribution < 1.29 is 18.3 Å². The monoisotopic (exact) mass is 433 g/mol. The lowest BCUT2D eigenvalue weighted by atomic mass is 10.2. The highest BCUT2D eigenvalue weighted by molar-refractivity contribution is 7.89. The Hall–Kier alpha value is -2.42. The molecule has 2 aromatic rings. The lowest BCUT2D eigenvalue weighted by molar-refractivity contribution is -0.115. The van der Waals surface area contributed by atoms with E-state index in [0.29, 0.717) is 31.7 Å². The fraction of sp³-hybridized carbons (Fsp3) is 0.409. The van der Waals surface area contributed by atoms with Crippen molar-refractivity contribution in [1.82, 2.24) is 4.31 Å². The van der Waals surface area contributed by atoms with Crippen molar-refractivity contribution in [3.8, 4) is 0 Å². The van der Waals surface area contributed by atoms with Gasteiger partial charge in [0.15, 0.2) is 0 Å². The number of nitrogens with one attached hydrogen (secondary N) is 1. The van der Waals surface area contributed by atoms with Crippen LogP contribution in [0.2, 0.25) is 0 Å². The number of hydrogen-bond acceptors (Lipinski definition) is 5. The van der Waals surface area contributed by atoms with Gasteiger partial charge < -0.3 is 15.3 Å². The molecule has 2 aromatic carbocycles. The molecule has 7 nitrogen and oxygen atoms in total. The third-order valence-electron chi connectivity index (χ3n) is 4.84. The molecule has 0 aliphatic heterocycles. The zero-order valence-electron chi connectivity index (χ0n) is 17.8. The Labute approximate surface area is 179 Å². The van der Waals surface area contributed by atoms with Crippen LogP contribution in [0.3, 0.4) is 0 Å². The lowest BCUT2D eigenvalue weighted by Crippen LogP contribution is -2.38. The maximum absolute atomic E-state index is 12.6. The topological polar surface area (TPSA) is 90.0 Å². The van der Waals surface area contributed by atoms with E-state index in [9.17, 15) is 18.3 Å². The summed E-state index contributed by atoms with van der Waals surface area (Å²) in [7, 11) is -3.53. The molecule has 30 heavy (non-hydrogen) atoms. The van der Waals surface area contributed by atoms with Crippen LogP contribution in [-0.4, -0.2) is 56.0 Å². The quantitative estimate of drug-likeness (QED) is 0.569. The van der Waals surface area contributed by atoms with Gasteiger partial charge in [0.25, 0.3) is 0 Å². The molecule has 2 N–H and O–H groups in total. The number of anilines is 2. The molecule has 0 aromatic heterocycles. The molecule has 0 radical (unpaired) electrons. The number of hydrogen-bond donors (Lipinski definition) is 2. The second kappa shape index (κ2) is 11.1. The molecule has 0 bridgehead atoms. The van der Waals surface area contributed by atoms with Gasteiger partial charge in [0, 0.05) is 31.0 Å². The number of carbonyl (C=O) groups excluding carboxylic acids is 1. The fourth-order valence-electron chi connectivity index (χ4n) is 3.08. The summed E-state index contributed by atoms with van der Waals surface area (Å²) in [5.41, 5.74) is 1.36. The molecule has 2 rings (SSSR count). The third kappa shape index (κ3) is 6.29. The van der Waals surface area contributed by atoms with Gasteiger partial charge in [0.1, 0.15) is 0 Å². The van der Waals surface area contributed by atoms with E-state index in [1.807, 2.05) is 42.2 Å². The molecule has 0 fully saturated rings. The molecule has 1 atom stereocenters. The number of nitrogens with zero attached hydrogens (tertiary/aromatic N) is 2. The molecule has 8 heteroatoms. The molecule has 0 saturated carbocycles. The number of amides is 1. The van der Waals surface area contributed by atoms with Crippen molar-refractivity contribution in [2.45, 2.75) is 38.2 Å². The number of aliphatic hydroxyl groups is 1. The molecule has 0 saturated heterocycles. The van der Waals surface area contributed by atoms with Crippen molar-refractivity contribution in [2.75, 3.05) is 36.4 Å². The molecule has 164 valence electrons. The van der Waals surface area contributed by atoms with Gasteiger partial charge >= 0.3 is 0 Å². The Kier molecular flexibility index (Phi) is 8.83. The smallest absolute Gasteiger partial charge is 0.243 e. The Bertz CT molecular complexity index is 898. The van der Waals surface area contributed by atoms with E-state index in [2.05, 4.69) is 5.32 Å². The predicted octanol–water partition coefficient (Wildman–Crippen LogP) is 2.93. The van der Waals surface area contributed by atoms with Gasteiger partial charge in [-0.3, -0.25) is 4.79 Å². The Morgan fingerprint density at radius 2 is 1.60 bits per heavy atom. The highest BCUT2D eigenvalue weighted by atomic mass is 32.2. The first-order valence-electron chi connectivity index (χ1n) is 10.2. The highest BCUT2D eigenvalue weighted by Crippen LogP contribution is 2.19. The van der Waals surface area contributed by atoms with Crippen LogP contribution in [0.1, 0.15) is 27.2 Å². The van der Waals surface area contributed by atoms with Crippen molar-refractivity contribution in [1.29, 1.82) is 0 Å². The molecular weight excluding hydrogens is 402 g/mol. The molecular formula is C22H31N3O4S. The molecule has 0 aliphatic rings. The molecule has 0 spiro atoms. The number of benzene rings is 2.